The Kier molecular flexibility index (Phi) is 1.84. The predicted octanol–water partition coefficient (Wildman–Crippen LogP) is 1.76. The summed E-state index contributed by atoms with van der Waals surface area (Å²) >= 11 is 2.36. The molecule has 0 spiro atoms. The van der Waals surface area contributed by atoms with E-state index in [1.54, 1.807) is 0 Å². The molecule has 0 aromatic carbocycles. The molecule has 1 rings (SSSR count). The van der Waals surface area contributed by atoms with Gasteiger partial charge in [0.2, 0.25) is 0 Å². The average molecular weight is 90.1 g/mol. The minimum atomic E-state index is 1.01. The van der Waals surface area contributed by atoms with Crippen LogP contribution < -0.4 is 0 Å². The molecule has 2 atom stereocenters. The van der Waals surface area contributed by atoms with Gasteiger partial charge in [-0.25, -0.2) is 0 Å². The van der Waals surface area contributed by atoms with Crippen molar-refractivity contribution >= 4 is 17.7 Å². The molecule has 0 bridgehead atoms. The van der Waals surface area contributed by atoms with Crippen LogP contribution in [0.5, 0.6) is 0 Å². The van der Waals surface area contributed by atoms with Gasteiger partial charge in [0.1, 0.15) is 0 Å². The summed E-state index contributed by atoms with van der Waals surface area (Å²) in [6.07, 6.45) is 4.42. The van der Waals surface area contributed by atoms with Crippen LogP contribution in [0.3, 0.4) is 0 Å². The Balaban J connectivity index is 2.33. The molecule has 0 radical (unpaired) electrons. The van der Waals surface area contributed by atoms with E-state index >= 15 is 0 Å². The SMILES string of the molecule is [Li][CH]1CCCC1C. The van der Waals surface area contributed by atoms with Gasteiger partial charge in [0.05, 0.1) is 0 Å². The fourth-order valence-electron chi connectivity index (χ4n) is 1.33. The van der Waals surface area contributed by atoms with E-state index < -0.39 is 0 Å². The zero-order valence-electron chi connectivity index (χ0n) is 5.28. The second kappa shape index (κ2) is 2.24. The topological polar surface area (TPSA) is 0 Å². The number of hydrogen-bond acceptors (Lipinski definition) is 0. The molecule has 1 heteroatoms. The van der Waals surface area contributed by atoms with E-state index in [4.69, 9.17) is 0 Å². The summed E-state index contributed by atoms with van der Waals surface area (Å²) in [4.78, 5) is 0. The zero-order chi connectivity index (χ0) is 5.28. The van der Waals surface area contributed by atoms with Gasteiger partial charge in [-0.1, -0.05) is 0 Å². The molecular formula is C6H11Li. The Hall–Kier alpha value is 0.597. The normalized spacial score (nSPS) is 42.1. The first-order chi connectivity index (χ1) is 3.30. The minimum absolute atomic E-state index is 1.01. The molecule has 1 fully saturated rings. The second-order valence-corrected chi connectivity index (χ2v) is 2.89. The molecule has 1 saturated carbocycles. The molecule has 0 heterocycles. The van der Waals surface area contributed by atoms with Crippen LogP contribution in [-0.2, 0) is 0 Å². The summed E-state index contributed by atoms with van der Waals surface area (Å²) in [5.41, 5.74) is 0. The first kappa shape index (κ1) is 5.73. The van der Waals surface area contributed by atoms with Crippen LogP contribution in [0.2, 0.25) is 4.59 Å². The van der Waals surface area contributed by atoms with Gasteiger partial charge >= 0.3 is 54.4 Å². The summed E-state index contributed by atoms with van der Waals surface area (Å²) in [6.45, 7) is 2.36. The van der Waals surface area contributed by atoms with Crippen molar-refractivity contribution in [3.05, 3.63) is 0 Å². The van der Waals surface area contributed by atoms with E-state index in [9.17, 15) is 0 Å². The molecule has 0 aliphatic heterocycles. The van der Waals surface area contributed by atoms with E-state index in [2.05, 4.69) is 24.6 Å². The van der Waals surface area contributed by atoms with E-state index in [1.807, 2.05) is 0 Å². The monoisotopic (exact) mass is 90.1 g/mol. The molecular weight excluding hydrogens is 79.0 g/mol. The molecule has 1 aliphatic rings. The maximum absolute atomic E-state index is 2.36. The van der Waals surface area contributed by atoms with Gasteiger partial charge in [-0.15, -0.1) is 0 Å². The van der Waals surface area contributed by atoms with Gasteiger partial charge in [0, 0.05) is 0 Å². The number of rotatable bonds is 0. The van der Waals surface area contributed by atoms with E-state index in [0.717, 1.165) is 10.5 Å². The first-order valence-electron chi connectivity index (χ1n) is 3.30. The standard InChI is InChI=1S/C6H11.Li/c1-6-4-2-3-5-6;/h4,6H,2-3,5H2,1H3;. The van der Waals surface area contributed by atoms with E-state index in [-0.39, 0.29) is 0 Å². The molecule has 7 heavy (non-hydrogen) atoms. The Morgan fingerprint density at radius 3 is 2.29 bits per heavy atom. The third-order valence-electron chi connectivity index (χ3n) is 2.29. The average Bonchev–Trinajstić information content (AvgIpc) is 1.91. The van der Waals surface area contributed by atoms with Crippen molar-refractivity contribution in [2.24, 2.45) is 5.92 Å². The fourth-order valence-corrected chi connectivity index (χ4v) is 1.33. The molecule has 0 aromatic rings. The molecule has 0 nitrogen and oxygen atoms in total. The van der Waals surface area contributed by atoms with Gasteiger partial charge in [0.25, 0.3) is 0 Å². The predicted molar refractivity (Wildman–Crippen MR) is 32.5 cm³/mol. The molecule has 2 unspecified atom stereocenters. The summed E-state index contributed by atoms with van der Waals surface area (Å²) in [5, 5.41) is 0. The zero-order valence-corrected chi connectivity index (χ0v) is 5.28. The summed E-state index contributed by atoms with van der Waals surface area (Å²) in [5.74, 6) is 1.01. The van der Waals surface area contributed by atoms with Crippen molar-refractivity contribution in [2.45, 2.75) is 30.8 Å². The fraction of sp³-hybridized carbons (Fsp3) is 1.00. The molecule has 0 N–H and O–H groups in total. The van der Waals surface area contributed by atoms with Crippen molar-refractivity contribution in [1.29, 1.82) is 0 Å². The van der Waals surface area contributed by atoms with Gasteiger partial charge in [-0.3, -0.25) is 0 Å². The first-order valence-corrected chi connectivity index (χ1v) is 3.30. The Bertz CT molecular complexity index is 53.2. The van der Waals surface area contributed by atoms with E-state index in [1.165, 1.54) is 19.3 Å². The van der Waals surface area contributed by atoms with Crippen molar-refractivity contribution < 1.29 is 0 Å². The summed E-state index contributed by atoms with van der Waals surface area (Å²) in [7, 11) is 0. The molecule has 36 valence electrons. The van der Waals surface area contributed by atoms with Gasteiger partial charge in [-0.2, -0.15) is 0 Å². The van der Waals surface area contributed by atoms with Crippen molar-refractivity contribution in [3.63, 3.8) is 0 Å². The maximum atomic E-state index is 2.36. The van der Waals surface area contributed by atoms with Gasteiger partial charge in [0.15, 0.2) is 0 Å². The van der Waals surface area contributed by atoms with Crippen LogP contribution in [0.1, 0.15) is 26.2 Å². The van der Waals surface area contributed by atoms with Crippen molar-refractivity contribution in [3.8, 4) is 0 Å². The van der Waals surface area contributed by atoms with Crippen LogP contribution in [-0.4, -0.2) is 17.7 Å². The Morgan fingerprint density at radius 2 is 2.14 bits per heavy atom. The molecule has 0 saturated heterocycles. The van der Waals surface area contributed by atoms with Crippen LogP contribution in [0.4, 0.5) is 0 Å². The van der Waals surface area contributed by atoms with Crippen LogP contribution in [0.25, 0.3) is 0 Å². The Morgan fingerprint density at radius 1 is 1.43 bits per heavy atom. The molecule has 0 amide bonds. The van der Waals surface area contributed by atoms with Crippen LogP contribution in [0, 0.1) is 5.92 Å². The van der Waals surface area contributed by atoms with Crippen LogP contribution >= 0.6 is 0 Å². The second-order valence-electron chi connectivity index (χ2n) is 2.89. The van der Waals surface area contributed by atoms with Gasteiger partial charge in [-0.05, 0) is 0 Å². The van der Waals surface area contributed by atoms with Crippen molar-refractivity contribution in [1.82, 2.24) is 0 Å². The van der Waals surface area contributed by atoms with Crippen LogP contribution in [0.15, 0.2) is 0 Å². The quantitative estimate of drug-likeness (QED) is 0.397. The Labute approximate surface area is 54.9 Å². The molecule has 0 aromatic heterocycles. The summed E-state index contributed by atoms with van der Waals surface area (Å²) in [6, 6.07) is 0. The molecule has 1 aliphatic carbocycles. The van der Waals surface area contributed by atoms with Crippen molar-refractivity contribution in [2.75, 3.05) is 0 Å². The number of hydrogen-bond donors (Lipinski definition) is 0. The third kappa shape index (κ3) is 1.24. The third-order valence-corrected chi connectivity index (χ3v) is 2.29. The summed E-state index contributed by atoms with van der Waals surface area (Å²) < 4.78 is 1.01. The van der Waals surface area contributed by atoms with Gasteiger partial charge < -0.3 is 0 Å². The van der Waals surface area contributed by atoms with E-state index in [0.29, 0.717) is 0 Å².